The van der Waals surface area contributed by atoms with E-state index in [1.54, 1.807) is 21.6 Å². The molecule has 0 spiro atoms. The SMILES string of the molecule is [2H]OC[C@H]1O[C@@H]([B])[C@@H](F)[C@@H]1OP(OCC[N+]#[C-])N(C(C)C)C(C)C.[2H]OC[C@H]1O[C@@H]([B])[C@@H](OCOCCC#N)C1OP(OCC[N+]#[C-])N(C(C)C)C(C)C.[2H]OC[C@H]1O[C@@H]([B])[C@@H](OCSSC(C)(C)C)C1OP(OCC[N+]#[C-])N(C(C)C)C(C)C.[2H]OC[C@H]1S[C@@H]([B])[C@@H](F)[C@@H]1OP(OCC[N+]#[C-])N(C(C)C)C(C)C.[3H]C.[3H]C.[3H]C.[3H]C. The second-order valence-electron chi connectivity index (χ2n) is 27.1. The number of nitrogens with zero attached hydrogens (tertiary/aromatic N) is 9. The second kappa shape index (κ2) is 62.6. The third-order valence-corrected chi connectivity index (χ3v) is 27.6. The van der Waals surface area contributed by atoms with Gasteiger partial charge < -0.3 is 104 Å². The van der Waals surface area contributed by atoms with Crippen molar-refractivity contribution in [3.8, 4) is 6.07 Å². The smallest absolute Gasteiger partial charge is 0.259 e. The van der Waals surface area contributed by atoms with E-state index in [2.05, 4.69) is 97.6 Å². The van der Waals surface area contributed by atoms with E-state index in [0.717, 1.165) is 0 Å². The first kappa shape index (κ1) is 99.0. The molecule has 8 radical (unpaired) electrons. The predicted octanol–water partition coefficient (Wildman–Crippen LogP) is 12.9. The number of aliphatic hydroxyl groups excluding tert-OH is 4. The molecule has 6 unspecified atom stereocenters. The average Bonchev–Trinajstić information content (AvgIpc) is 1.70. The molecule has 4 heterocycles. The van der Waals surface area contributed by atoms with Crippen LogP contribution in [0.15, 0.2) is 0 Å². The molecule has 4 aliphatic heterocycles. The van der Waals surface area contributed by atoms with Gasteiger partial charge in [0.15, 0.2) is 0 Å². The zero-order valence-electron chi connectivity index (χ0n) is 76.6. The molecule has 0 aromatic rings. The van der Waals surface area contributed by atoms with Gasteiger partial charge in [-0.25, -0.2) is 53.8 Å². The number of hydrogen-bond acceptors (Lipinski definition) is 26. The van der Waals surface area contributed by atoms with E-state index in [4.69, 9.17) is 139 Å². The van der Waals surface area contributed by atoms with Crippen LogP contribution in [0.25, 0.3) is 19.4 Å². The lowest BCUT2D eigenvalue weighted by Crippen LogP contribution is -2.41. The Morgan fingerprint density at radius 1 is 0.514 bits per heavy atom. The Morgan fingerprint density at radius 3 is 1.16 bits per heavy atom. The summed E-state index contributed by atoms with van der Waals surface area (Å²) in [7, 11) is 25.8. The molecule has 4 fully saturated rings. The number of rotatable bonds is 49. The Bertz CT molecular complexity index is 2550. The van der Waals surface area contributed by atoms with E-state index in [1.807, 2.05) is 98.5 Å². The normalized spacial score (nSPS) is 27.0. The second-order valence-corrected chi connectivity index (χ2v) is 37.2. The van der Waals surface area contributed by atoms with Crippen LogP contribution in [-0.4, -0.2) is 323 Å². The number of hydrogen-bond donors (Lipinski definition) is 4. The summed E-state index contributed by atoms with van der Waals surface area (Å²) >= 11 is 1.23. The summed E-state index contributed by atoms with van der Waals surface area (Å²) < 4.78 is 170. The number of ether oxygens (including phenoxy) is 6. The summed E-state index contributed by atoms with van der Waals surface area (Å²) in [4.78, 5) is 13.2. The molecule has 0 aromatic carbocycles. The summed E-state index contributed by atoms with van der Waals surface area (Å²) in [5.41, 5.74) is 0. The van der Waals surface area contributed by atoms with Crippen molar-refractivity contribution in [1.82, 2.24) is 18.7 Å². The molecule has 40 heteroatoms. The highest BCUT2D eigenvalue weighted by atomic mass is 33.1. The van der Waals surface area contributed by atoms with Gasteiger partial charge in [-0.15, -0.1) is 0 Å². The van der Waals surface area contributed by atoms with Crippen LogP contribution in [0.5, 0.6) is 0 Å². The fourth-order valence-electron chi connectivity index (χ4n) is 10.6. The van der Waals surface area contributed by atoms with Crippen LogP contribution in [0.4, 0.5) is 8.78 Å². The predicted molar refractivity (Wildman–Crippen MR) is 445 cm³/mol. The molecular weight excluding hydrogens is 1540 g/mol. The zero-order chi connectivity index (χ0) is 90.7. The lowest BCUT2D eigenvalue weighted by atomic mass is 9.93. The molecule has 0 aromatic heterocycles. The minimum Gasteiger partial charge on any atom is -0.395 e. The van der Waals surface area contributed by atoms with E-state index in [0.29, 0.717) is 5.94 Å². The molecule has 20 atom stereocenters. The van der Waals surface area contributed by atoms with Crippen molar-refractivity contribution in [3.63, 3.8) is 0 Å². The van der Waals surface area contributed by atoms with E-state index < -0.39 is 125 Å². The molecule has 109 heavy (non-hydrogen) atoms. The first-order valence-electron chi connectivity index (χ1n) is 40.8. The lowest BCUT2D eigenvalue weighted by molar-refractivity contribution is -0.113. The van der Waals surface area contributed by atoms with Gasteiger partial charge in [0, 0.05) is 75.7 Å². The molecular formula is C69H133B4F2N9O18P4S3. The van der Waals surface area contributed by atoms with Gasteiger partial charge in [0.1, 0.15) is 130 Å². The average molecular weight is 1690 g/mol. The summed E-state index contributed by atoms with van der Waals surface area (Å²) in [6, 6.07) is 0.417. The van der Waals surface area contributed by atoms with Crippen LogP contribution < -0.4 is 0 Å². The first-order chi connectivity index (χ1) is 55.5. The largest absolute Gasteiger partial charge is 0.395 e. The van der Waals surface area contributed by atoms with E-state index in [9.17, 15) is 8.78 Å². The van der Waals surface area contributed by atoms with Gasteiger partial charge in [0.05, 0.1) is 64.6 Å². The molecule has 0 amide bonds. The molecule has 0 aliphatic carbocycles. The van der Waals surface area contributed by atoms with Crippen molar-refractivity contribution in [2.75, 3.05) is 98.4 Å². The lowest BCUT2D eigenvalue weighted by Gasteiger charge is -2.38. The summed E-state index contributed by atoms with van der Waals surface area (Å²) in [5.74, 6) is 0.423. The van der Waals surface area contributed by atoms with Gasteiger partial charge in [-0.3, -0.25) is 0 Å². The standard InChI is InChI=1S/C19H36BN2O5PS2.C18H31BN3O6P.C14H25BFN2O4P.C14H25BFN2O3PS.4CH4/c1-13(2)22(14(3)4)28(25-10-9-21-8)27-16-15(11-23)26-18(20)17(16)24-12-29-30-19(5,6)7;1-13(2)22(14(3)4)29(26-10-8-21-5)28-16-15(11-23)27-18(19)17(16)25-12-24-9-6-7-20;1-9(2)18(10(3)4)23(20-7-6-17-5)22-13-11(8-19)21-14(15)12(13)16;1-9(2)18(10(3)4)22(20-7-6-17-5)21-13-11(8-19)23-14(15)12(13)16;;;;/h13-18,23H,9-12H2,1-7H3;13-18,23H,6,8-12H2,1-4H3;2*9-14,19H,6-8H2,1-4H3;4*1H4/t15-,16?,17+,18-,28?;15-,16?,17+,18-,29?;11-,12+,13-,14-,23?;11-,12+,13-,14-,22?;;;;/m1111..../s1/i2*23D;2*19D;4*1T. The number of nitriles is 1. The van der Waals surface area contributed by atoms with Crippen molar-refractivity contribution in [2.24, 2.45) is 0 Å². The highest BCUT2D eigenvalue weighted by molar-refractivity contribution is 8.77. The van der Waals surface area contributed by atoms with Crippen molar-refractivity contribution in [2.45, 2.75) is 316 Å². The van der Waals surface area contributed by atoms with Gasteiger partial charge in [-0.1, -0.05) is 72.0 Å². The molecule has 4 saturated heterocycles. The van der Waals surface area contributed by atoms with E-state index >= 15 is 0 Å². The summed E-state index contributed by atoms with van der Waals surface area (Å²) in [5, 5.41) is 25.4. The summed E-state index contributed by atoms with van der Waals surface area (Å²) in [6.07, 6.45) is -8.79. The molecule has 626 valence electrons. The third-order valence-electron chi connectivity index (χ3n) is 14.8. The number of halogens is 2. The Morgan fingerprint density at radius 2 is 0.835 bits per heavy atom. The molecule has 4 rings (SSSR count). The number of aliphatic hydroxyl groups is 4. The quantitative estimate of drug-likeness (QED) is 0.0110. The van der Waals surface area contributed by atoms with Gasteiger partial charge in [0.2, 0.25) is 31.9 Å². The number of thioether (sulfide) groups is 1. The third kappa shape index (κ3) is 41.1. The Hall–Kier alpha value is -0.540. The molecule has 0 saturated carbocycles. The summed E-state index contributed by atoms with van der Waals surface area (Å²) in [6.45, 7) is 68.5. The van der Waals surface area contributed by atoms with Crippen LogP contribution in [0.1, 0.15) is 173 Å². The van der Waals surface area contributed by atoms with Crippen LogP contribution in [0, 0.1) is 37.6 Å². The minimum absolute atomic E-state index is 0.0106. The maximum Gasteiger partial charge on any atom is 0.259 e. The van der Waals surface area contributed by atoms with Gasteiger partial charge in [0.25, 0.3) is 34.1 Å². The van der Waals surface area contributed by atoms with E-state index in [1.165, 1.54) is 41.4 Å². The molecule has 27 nitrogen and oxygen atoms in total. The molecule has 4 aliphatic rings. The van der Waals surface area contributed by atoms with Crippen LogP contribution in [-0.2, 0) is 64.6 Å². The minimum atomic E-state index is -1.61. The Kier molecular flexibility index (Phi) is 56.9. The van der Waals surface area contributed by atoms with Crippen molar-refractivity contribution < 1.29 is 99.3 Å². The van der Waals surface area contributed by atoms with Crippen molar-refractivity contribution in [1.29, 1.82) is 11.0 Å². The van der Waals surface area contributed by atoms with Gasteiger partial charge in [-0.05, 0) is 111 Å². The maximum atomic E-state index is 14.5. The molecule has 0 bridgehead atoms. The van der Waals surface area contributed by atoms with Crippen molar-refractivity contribution in [3.05, 3.63) is 45.7 Å². The van der Waals surface area contributed by atoms with Gasteiger partial charge >= 0.3 is 0 Å². The first-order valence-corrected chi connectivity index (χ1v) is 42.9. The highest BCUT2D eigenvalue weighted by Gasteiger charge is 2.50. The highest BCUT2D eigenvalue weighted by Crippen LogP contribution is 2.54. The number of alkyl halides is 2. The topological polar surface area (TPSA) is 264 Å². The fraction of sp³-hybridized carbons (Fsp3) is 0.928. The molecule has 4 N–H and O–H groups in total. The zero-order valence-corrected chi connectivity index (χ0v) is 74.6. The van der Waals surface area contributed by atoms with E-state index in [-0.39, 0.29) is 157 Å². The Balaban J connectivity index is -0.000000710. The monoisotopic (exact) mass is 1690 g/mol. The van der Waals surface area contributed by atoms with Crippen LogP contribution >= 0.6 is 67.5 Å². The van der Waals surface area contributed by atoms with Crippen LogP contribution in [0.2, 0.25) is 0 Å². The fourth-order valence-corrected chi connectivity index (χ4v) is 20.9. The van der Waals surface area contributed by atoms with Crippen LogP contribution in [0.3, 0.4) is 0 Å². The maximum absolute atomic E-state index is 14.5. The Labute approximate surface area is 690 Å². The van der Waals surface area contributed by atoms with Crippen molar-refractivity contribution >= 4 is 98.8 Å². The van der Waals surface area contributed by atoms with Gasteiger partial charge in [-0.2, -0.15) is 17.0 Å².